The summed E-state index contributed by atoms with van der Waals surface area (Å²) in [6, 6.07) is 22.1. The molecule has 0 bridgehead atoms. The van der Waals surface area contributed by atoms with Crippen LogP contribution < -0.4 is 5.32 Å². The number of anilines is 1. The number of thiophene rings is 1. The number of rotatable bonds is 1. The second-order valence-corrected chi connectivity index (χ2v) is 8.08. The van der Waals surface area contributed by atoms with Crippen LogP contribution in [0.5, 0.6) is 0 Å². The lowest BCUT2D eigenvalue weighted by Crippen LogP contribution is -2.44. The Morgan fingerprint density at radius 1 is 0.962 bits per heavy atom. The number of aromatic amines is 1. The molecule has 2 aliphatic rings. The van der Waals surface area contributed by atoms with Crippen LogP contribution in [0.25, 0.3) is 10.9 Å². The number of hydrogen-bond donors (Lipinski definition) is 2. The fourth-order valence-electron chi connectivity index (χ4n) is 4.65. The third-order valence-electron chi connectivity index (χ3n) is 5.76. The molecule has 3 nitrogen and oxygen atoms in total. The maximum Gasteiger partial charge on any atom is 0.116 e. The van der Waals surface area contributed by atoms with Crippen LogP contribution in [-0.4, -0.2) is 16.4 Å². The largest absolute Gasteiger partial charge is 0.365 e. The standard InChI is InChI=1S/C22H19N3S/c1-3-8-17-14(6-1)15-11-12-25-21(20(15)23-17)16-7-2-4-9-18(16)24-22(25)19-10-5-13-26-19/h1-10,13,21-24H,11-12H2/t21-,22+/m1/s1. The first kappa shape index (κ1) is 14.6. The second-order valence-electron chi connectivity index (χ2n) is 7.10. The monoisotopic (exact) mass is 357 g/mol. The van der Waals surface area contributed by atoms with Crippen LogP contribution in [-0.2, 0) is 6.42 Å². The number of para-hydroxylation sites is 2. The first-order valence-electron chi connectivity index (χ1n) is 9.14. The number of nitrogens with zero attached hydrogens (tertiary/aromatic N) is 1. The Morgan fingerprint density at radius 3 is 2.77 bits per heavy atom. The maximum absolute atomic E-state index is 3.79. The SMILES string of the molecule is c1csc([C@H]2Nc3ccccc3[C@@H]3c4[nH]c5ccccc5c4CCN32)c1. The molecule has 0 spiro atoms. The van der Waals surface area contributed by atoms with Crippen molar-refractivity contribution in [1.29, 1.82) is 0 Å². The number of H-pyrrole nitrogens is 1. The van der Waals surface area contributed by atoms with Crippen LogP contribution in [0.15, 0.2) is 66.0 Å². The molecule has 0 amide bonds. The van der Waals surface area contributed by atoms with E-state index in [4.69, 9.17) is 0 Å². The normalized spacial score (nSPS) is 21.7. The summed E-state index contributed by atoms with van der Waals surface area (Å²) < 4.78 is 0. The van der Waals surface area contributed by atoms with E-state index in [1.165, 1.54) is 38.3 Å². The van der Waals surface area contributed by atoms with Crippen LogP contribution in [0, 0.1) is 0 Å². The third-order valence-corrected chi connectivity index (χ3v) is 6.69. The molecule has 0 radical (unpaired) electrons. The minimum atomic E-state index is 0.231. The molecule has 2 aliphatic heterocycles. The molecule has 26 heavy (non-hydrogen) atoms. The van der Waals surface area contributed by atoms with E-state index in [1.54, 1.807) is 0 Å². The van der Waals surface area contributed by atoms with Crippen molar-refractivity contribution in [2.24, 2.45) is 0 Å². The first-order valence-corrected chi connectivity index (χ1v) is 10.0. The molecular weight excluding hydrogens is 338 g/mol. The molecule has 4 aromatic rings. The van der Waals surface area contributed by atoms with Gasteiger partial charge in [0.05, 0.1) is 6.04 Å². The predicted molar refractivity (Wildman–Crippen MR) is 108 cm³/mol. The first-order chi connectivity index (χ1) is 12.9. The molecule has 6 rings (SSSR count). The topological polar surface area (TPSA) is 31.1 Å². The van der Waals surface area contributed by atoms with E-state index in [0.717, 1.165) is 13.0 Å². The average Bonchev–Trinajstić information content (AvgIpc) is 3.34. The summed E-state index contributed by atoms with van der Waals surface area (Å²) in [6.07, 6.45) is 1.32. The van der Waals surface area contributed by atoms with E-state index < -0.39 is 0 Å². The molecule has 4 heteroatoms. The fraction of sp³-hybridized carbons (Fsp3) is 0.182. The van der Waals surface area contributed by atoms with Crippen LogP contribution in [0.1, 0.15) is 33.9 Å². The van der Waals surface area contributed by atoms with E-state index >= 15 is 0 Å². The van der Waals surface area contributed by atoms with Gasteiger partial charge in [0.1, 0.15) is 6.17 Å². The van der Waals surface area contributed by atoms with Gasteiger partial charge in [-0.15, -0.1) is 11.3 Å². The van der Waals surface area contributed by atoms with E-state index in [0.29, 0.717) is 0 Å². The highest BCUT2D eigenvalue weighted by Crippen LogP contribution is 2.48. The molecule has 2 atom stereocenters. The Labute approximate surface area is 156 Å². The summed E-state index contributed by atoms with van der Waals surface area (Å²) >= 11 is 1.83. The highest BCUT2D eigenvalue weighted by atomic mass is 32.1. The highest BCUT2D eigenvalue weighted by molar-refractivity contribution is 7.10. The van der Waals surface area contributed by atoms with Gasteiger partial charge >= 0.3 is 0 Å². The molecule has 2 aromatic carbocycles. The molecule has 0 saturated heterocycles. The number of fused-ring (bicyclic) bond motifs is 7. The van der Waals surface area contributed by atoms with Gasteiger partial charge in [-0.1, -0.05) is 42.5 Å². The number of hydrogen-bond acceptors (Lipinski definition) is 3. The summed E-state index contributed by atoms with van der Waals surface area (Å²) in [5, 5.41) is 7.34. The Kier molecular flexibility index (Phi) is 3.07. The summed E-state index contributed by atoms with van der Waals surface area (Å²) in [4.78, 5) is 7.75. The molecule has 0 fully saturated rings. The van der Waals surface area contributed by atoms with Crippen molar-refractivity contribution in [3.05, 3.63) is 87.7 Å². The van der Waals surface area contributed by atoms with Gasteiger partial charge in [-0.05, 0) is 41.1 Å². The van der Waals surface area contributed by atoms with Crippen molar-refractivity contribution < 1.29 is 0 Å². The zero-order valence-electron chi connectivity index (χ0n) is 14.3. The van der Waals surface area contributed by atoms with Crippen molar-refractivity contribution in [3.8, 4) is 0 Å². The van der Waals surface area contributed by atoms with Crippen LogP contribution >= 0.6 is 11.3 Å². The molecule has 128 valence electrons. The van der Waals surface area contributed by atoms with E-state index in [9.17, 15) is 0 Å². The van der Waals surface area contributed by atoms with Gasteiger partial charge in [-0.25, -0.2) is 0 Å². The fourth-order valence-corrected chi connectivity index (χ4v) is 5.44. The molecule has 0 saturated carbocycles. The lowest BCUT2D eigenvalue weighted by atomic mass is 9.89. The van der Waals surface area contributed by atoms with Crippen LogP contribution in [0.2, 0.25) is 0 Å². The van der Waals surface area contributed by atoms with Crippen LogP contribution in [0.3, 0.4) is 0 Å². The lowest BCUT2D eigenvalue weighted by molar-refractivity contribution is 0.154. The number of benzene rings is 2. The Balaban J connectivity index is 1.59. The van der Waals surface area contributed by atoms with Gasteiger partial charge in [0.2, 0.25) is 0 Å². The van der Waals surface area contributed by atoms with Gasteiger partial charge < -0.3 is 10.3 Å². The van der Waals surface area contributed by atoms with Crippen molar-refractivity contribution in [3.63, 3.8) is 0 Å². The van der Waals surface area contributed by atoms with Gasteiger partial charge in [0, 0.05) is 33.7 Å². The van der Waals surface area contributed by atoms with E-state index in [1.807, 2.05) is 11.3 Å². The minimum Gasteiger partial charge on any atom is -0.365 e. The zero-order chi connectivity index (χ0) is 17.1. The molecule has 2 N–H and O–H groups in total. The summed E-state index contributed by atoms with van der Waals surface area (Å²) in [5.74, 6) is 0. The second kappa shape index (κ2) is 5.47. The summed E-state index contributed by atoms with van der Waals surface area (Å²) in [6.45, 7) is 1.06. The van der Waals surface area contributed by atoms with Gasteiger partial charge in [0.15, 0.2) is 0 Å². The Bertz CT molecular complexity index is 1100. The summed E-state index contributed by atoms with van der Waals surface area (Å²) in [5.41, 5.74) is 6.73. The Hall–Kier alpha value is -2.56. The van der Waals surface area contributed by atoms with Crippen LogP contribution in [0.4, 0.5) is 5.69 Å². The van der Waals surface area contributed by atoms with Crippen molar-refractivity contribution in [1.82, 2.24) is 9.88 Å². The molecule has 0 aliphatic carbocycles. The molecule has 0 unspecified atom stereocenters. The predicted octanol–water partition coefficient (Wildman–Crippen LogP) is 5.30. The summed E-state index contributed by atoms with van der Waals surface area (Å²) in [7, 11) is 0. The molecular formula is C22H19N3S. The van der Waals surface area contributed by atoms with E-state index in [-0.39, 0.29) is 12.2 Å². The molecule has 4 heterocycles. The van der Waals surface area contributed by atoms with E-state index in [2.05, 4.69) is 81.2 Å². The zero-order valence-corrected chi connectivity index (χ0v) is 15.1. The quantitative estimate of drug-likeness (QED) is 0.484. The van der Waals surface area contributed by atoms with Crippen molar-refractivity contribution in [2.45, 2.75) is 18.6 Å². The minimum absolute atomic E-state index is 0.231. The van der Waals surface area contributed by atoms with Crippen molar-refractivity contribution in [2.75, 3.05) is 11.9 Å². The van der Waals surface area contributed by atoms with Gasteiger partial charge in [-0.3, -0.25) is 4.90 Å². The van der Waals surface area contributed by atoms with Crippen molar-refractivity contribution >= 4 is 27.9 Å². The number of aromatic nitrogens is 1. The third kappa shape index (κ3) is 1.97. The number of nitrogens with one attached hydrogen (secondary N) is 2. The lowest BCUT2D eigenvalue weighted by Gasteiger charge is -2.46. The average molecular weight is 357 g/mol. The van der Waals surface area contributed by atoms with Gasteiger partial charge in [0.25, 0.3) is 0 Å². The van der Waals surface area contributed by atoms with Gasteiger partial charge in [-0.2, -0.15) is 0 Å². The Morgan fingerprint density at radius 2 is 1.85 bits per heavy atom. The highest BCUT2D eigenvalue weighted by Gasteiger charge is 2.40. The maximum atomic E-state index is 3.79. The smallest absolute Gasteiger partial charge is 0.116 e. The molecule has 2 aromatic heterocycles.